The van der Waals surface area contributed by atoms with Gasteiger partial charge in [0.25, 0.3) is 0 Å². The van der Waals surface area contributed by atoms with E-state index in [1.807, 2.05) is 18.1 Å². The van der Waals surface area contributed by atoms with Crippen LogP contribution < -0.4 is 9.46 Å². The second-order valence-electron chi connectivity index (χ2n) is 8.98. The second-order valence-corrected chi connectivity index (χ2v) is 10.7. The number of aromatic nitrogens is 2. The third-order valence-electron chi connectivity index (χ3n) is 6.10. The highest BCUT2D eigenvalue weighted by molar-refractivity contribution is 7.89. The van der Waals surface area contributed by atoms with Crippen molar-refractivity contribution in [3.8, 4) is 5.75 Å². The summed E-state index contributed by atoms with van der Waals surface area (Å²) in [4.78, 5) is 1.99. The number of aliphatic hydroxyl groups is 3. The molecule has 1 fully saturated rings. The number of aryl methyl sites for hydroxylation is 1. The average molecular weight is 467 g/mol. The molecule has 4 N–H and O–H groups in total. The first kappa shape index (κ1) is 23.1. The van der Waals surface area contributed by atoms with Crippen molar-refractivity contribution in [1.82, 2.24) is 19.4 Å². The highest BCUT2D eigenvalue weighted by atomic mass is 32.2. The highest BCUT2D eigenvalue weighted by Crippen LogP contribution is 2.41. The molecule has 4 rings (SSSR count). The molecule has 1 aliphatic heterocycles. The maximum absolute atomic E-state index is 12.8. The molecule has 2 heterocycles. The van der Waals surface area contributed by atoms with Crippen molar-refractivity contribution in [2.75, 3.05) is 26.2 Å². The third kappa shape index (κ3) is 5.13. The van der Waals surface area contributed by atoms with E-state index in [9.17, 15) is 23.7 Å². The fourth-order valence-corrected chi connectivity index (χ4v) is 5.89. The fourth-order valence-electron chi connectivity index (χ4n) is 4.67. The van der Waals surface area contributed by atoms with Gasteiger partial charge in [0.05, 0.1) is 31.1 Å². The van der Waals surface area contributed by atoms with Crippen LogP contribution in [0.1, 0.15) is 18.4 Å². The molecule has 32 heavy (non-hydrogen) atoms. The molecule has 2 aliphatic rings. The predicted molar refractivity (Wildman–Crippen MR) is 115 cm³/mol. The van der Waals surface area contributed by atoms with Crippen LogP contribution in [0.4, 0.5) is 0 Å². The molecule has 0 radical (unpaired) electrons. The number of sulfonamides is 1. The molecule has 1 aliphatic carbocycles. The molecule has 11 heteroatoms. The van der Waals surface area contributed by atoms with E-state index in [4.69, 9.17) is 4.74 Å². The van der Waals surface area contributed by atoms with Crippen LogP contribution in [0.25, 0.3) is 0 Å². The maximum Gasteiger partial charge on any atom is 0.244 e. The number of hydrogen-bond donors (Lipinski definition) is 4. The van der Waals surface area contributed by atoms with Crippen LogP contribution in [0.2, 0.25) is 0 Å². The van der Waals surface area contributed by atoms with Gasteiger partial charge in [0.1, 0.15) is 10.6 Å². The Hall–Kier alpha value is -2.02. The van der Waals surface area contributed by atoms with E-state index in [1.165, 1.54) is 6.07 Å². The van der Waals surface area contributed by atoms with Gasteiger partial charge in [-0.2, -0.15) is 5.10 Å². The molecule has 2 aromatic rings. The van der Waals surface area contributed by atoms with Crippen molar-refractivity contribution in [3.05, 3.63) is 42.2 Å². The lowest BCUT2D eigenvalue weighted by Crippen LogP contribution is -2.46. The van der Waals surface area contributed by atoms with E-state index in [2.05, 4.69) is 9.82 Å². The van der Waals surface area contributed by atoms with Gasteiger partial charge in [-0.25, -0.2) is 13.1 Å². The van der Waals surface area contributed by atoms with Crippen LogP contribution in [0.3, 0.4) is 0 Å². The summed E-state index contributed by atoms with van der Waals surface area (Å²) in [5.74, 6) is 0.198. The van der Waals surface area contributed by atoms with E-state index >= 15 is 0 Å². The summed E-state index contributed by atoms with van der Waals surface area (Å²) < 4.78 is 35.8. The number of β-amino-alcohol motifs (C(OH)–C–C–N with tert-alkyl or cyclic N) is 1. The molecular formula is C21H30N4O6S. The molecule has 1 spiro atoms. The van der Waals surface area contributed by atoms with Crippen LogP contribution >= 0.6 is 0 Å². The molecule has 0 saturated heterocycles. The molecule has 0 bridgehead atoms. The lowest BCUT2D eigenvalue weighted by Gasteiger charge is -2.36. The topological polar surface area (TPSA) is 137 Å². The molecule has 4 atom stereocenters. The first-order chi connectivity index (χ1) is 15.2. The van der Waals surface area contributed by atoms with Crippen LogP contribution in [0, 0.1) is 5.41 Å². The van der Waals surface area contributed by atoms with E-state index in [0.29, 0.717) is 25.9 Å². The first-order valence-corrected chi connectivity index (χ1v) is 12.1. The standard InChI is InChI=1S/C21H30N4O6S/c1-24-10-15(8-22-24)11-25-12-16(26)9-23-32(29,30)20-5-3-2-4-19(20)31-14-21(13-25)6-17(27)18(28)7-21/h2-5,8,10,16-18,23,26-28H,6-7,9,11-14H2,1H3/t16-,17-,18+,21?/m0/s1. The Labute approximate surface area is 187 Å². The minimum absolute atomic E-state index is 0.00534. The van der Waals surface area contributed by atoms with Gasteiger partial charge in [0.15, 0.2) is 0 Å². The Morgan fingerprint density at radius 2 is 1.94 bits per heavy atom. The number of para-hydroxylation sites is 1. The Kier molecular flexibility index (Phi) is 6.57. The lowest BCUT2D eigenvalue weighted by atomic mass is 9.85. The van der Waals surface area contributed by atoms with Gasteiger partial charge in [-0.15, -0.1) is 0 Å². The highest BCUT2D eigenvalue weighted by Gasteiger charge is 2.46. The zero-order chi connectivity index (χ0) is 22.9. The normalized spacial score (nSPS) is 31.4. The van der Waals surface area contributed by atoms with Crippen molar-refractivity contribution in [1.29, 1.82) is 0 Å². The summed E-state index contributed by atoms with van der Waals surface area (Å²) >= 11 is 0. The summed E-state index contributed by atoms with van der Waals surface area (Å²) in [6.07, 6.45) is 1.49. The van der Waals surface area contributed by atoms with E-state index < -0.39 is 33.8 Å². The van der Waals surface area contributed by atoms with E-state index in [-0.39, 0.29) is 30.3 Å². The van der Waals surface area contributed by atoms with Crippen LogP contribution in [0.15, 0.2) is 41.6 Å². The van der Waals surface area contributed by atoms with Crippen molar-refractivity contribution in [3.63, 3.8) is 0 Å². The Morgan fingerprint density at radius 1 is 1.22 bits per heavy atom. The van der Waals surface area contributed by atoms with Crippen molar-refractivity contribution >= 4 is 10.0 Å². The summed E-state index contributed by atoms with van der Waals surface area (Å²) in [5.41, 5.74) is 0.317. The smallest absolute Gasteiger partial charge is 0.244 e. The summed E-state index contributed by atoms with van der Waals surface area (Å²) in [6.45, 7) is 1.09. The van der Waals surface area contributed by atoms with Gasteiger partial charge >= 0.3 is 0 Å². The molecule has 10 nitrogen and oxygen atoms in total. The molecule has 1 aromatic carbocycles. The largest absolute Gasteiger partial charge is 0.492 e. The lowest BCUT2D eigenvalue weighted by molar-refractivity contribution is 0.0427. The van der Waals surface area contributed by atoms with Gasteiger partial charge < -0.3 is 20.1 Å². The first-order valence-electron chi connectivity index (χ1n) is 10.6. The second kappa shape index (κ2) is 9.08. The van der Waals surface area contributed by atoms with Crippen molar-refractivity contribution in [2.45, 2.75) is 42.6 Å². The average Bonchev–Trinajstić information content (AvgIpc) is 3.26. The fraction of sp³-hybridized carbons (Fsp3) is 0.571. The van der Waals surface area contributed by atoms with Gasteiger partial charge in [-0.1, -0.05) is 12.1 Å². The number of nitrogens with zero attached hydrogens (tertiary/aromatic N) is 3. The van der Waals surface area contributed by atoms with E-state index in [1.54, 1.807) is 29.1 Å². The number of hydrogen-bond acceptors (Lipinski definition) is 8. The zero-order valence-corrected chi connectivity index (χ0v) is 18.8. The number of benzene rings is 1. The summed E-state index contributed by atoms with van der Waals surface area (Å²) in [5, 5.41) is 35.5. The molecule has 0 amide bonds. The molecule has 1 aromatic heterocycles. The monoisotopic (exact) mass is 466 g/mol. The summed E-state index contributed by atoms with van der Waals surface area (Å²) in [7, 11) is -2.08. The minimum atomic E-state index is -3.90. The number of nitrogens with one attached hydrogen (secondary N) is 1. The number of fused-ring (bicyclic) bond motifs is 1. The third-order valence-corrected chi connectivity index (χ3v) is 7.57. The number of ether oxygens (including phenoxy) is 1. The molecule has 1 saturated carbocycles. The Balaban J connectivity index is 1.68. The number of aliphatic hydroxyl groups excluding tert-OH is 3. The Morgan fingerprint density at radius 3 is 2.62 bits per heavy atom. The van der Waals surface area contributed by atoms with Gasteiger partial charge in [-0.05, 0) is 25.0 Å². The van der Waals surface area contributed by atoms with Crippen molar-refractivity contribution in [2.24, 2.45) is 12.5 Å². The van der Waals surface area contributed by atoms with Crippen LogP contribution in [-0.4, -0.2) is 83.0 Å². The minimum Gasteiger partial charge on any atom is -0.492 e. The predicted octanol–water partition coefficient (Wildman–Crippen LogP) is -0.544. The maximum atomic E-state index is 12.8. The van der Waals surface area contributed by atoms with Gasteiger partial charge in [0, 0.05) is 50.4 Å². The van der Waals surface area contributed by atoms with E-state index in [0.717, 1.165) is 5.56 Å². The molecular weight excluding hydrogens is 436 g/mol. The van der Waals surface area contributed by atoms with Crippen molar-refractivity contribution < 1.29 is 28.5 Å². The summed E-state index contributed by atoms with van der Waals surface area (Å²) in [6, 6.07) is 6.34. The SMILES string of the molecule is Cn1cc(CN2C[C@@H](O)CNS(=O)(=O)c3ccccc3OCC3(C[C@@H](O)[C@@H](O)C3)C2)cn1. The molecule has 1 unspecified atom stereocenters. The number of rotatable bonds is 2. The molecule has 176 valence electrons. The van der Waals surface area contributed by atoms with Crippen LogP contribution in [-0.2, 0) is 23.6 Å². The van der Waals surface area contributed by atoms with Crippen LogP contribution in [0.5, 0.6) is 5.75 Å². The zero-order valence-electron chi connectivity index (χ0n) is 18.0. The Bertz CT molecular complexity index is 1030. The quantitative estimate of drug-likeness (QED) is 0.463. The van der Waals surface area contributed by atoms with Gasteiger partial charge in [-0.3, -0.25) is 9.58 Å². The van der Waals surface area contributed by atoms with Gasteiger partial charge in [0.2, 0.25) is 10.0 Å².